The largest absolute Gasteiger partial charge is 0.493 e. The number of aromatic nitrogens is 1. The Morgan fingerprint density at radius 3 is 2.43 bits per heavy atom. The molecule has 37 heavy (non-hydrogen) atoms. The summed E-state index contributed by atoms with van der Waals surface area (Å²) in [6.07, 6.45) is 3.31. The van der Waals surface area contributed by atoms with Crippen molar-refractivity contribution in [3.63, 3.8) is 0 Å². The van der Waals surface area contributed by atoms with Crippen molar-refractivity contribution >= 4 is 11.7 Å². The number of esters is 1. The maximum Gasteiger partial charge on any atom is 0.337 e. The van der Waals surface area contributed by atoms with Gasteiger partial charge in [0.1, 0.15) is 5.60 Å². The molecule has 2 aromatic carbocycles. The molecule has 7 nitrogen and oxygen atoms in total. The van der Waals surface area contributed by atoms with Gasteiger partial charge >= 0.3 is 5.97 Å². The fraction of sp³-hybridized carbons (Fsp3) is 0.367. The number of aliphatic imine (C=N–C) groups is 1. The molecular weight excluding hydrogens is 468 g/mol. The van der Waals surface area contributed by atoms with Gasteiger partial charge in [-0.2, -0.15) is 0 Å². The predicted molar refractivity (Wildman–Crippen MR) is 142 cm³/mol. The van der Waals surface area contributed by atoms with Crippen molar-refractivity contribution < 1.29 is 19.0 Å². The summed E-state index contributed by atoms with van der Waals surface area (Å²) in [5.74, 6) is 1.12. The summed E-state index contributed by atoms with van der Waals surface area (Å²) in [5.41, 5.74) is 5.48. The number of ether oxygens (including phenoxy) is 3. The molecule has 0 aliphatic carbocycles. The molecule has 0 spiro atoms. The van der Waals surface area contributed by atoms with Crippen LogP contribution < -0.4 is 15.0 Å². The van der Waals surface area contributed by atoms with Crippen LogP contribution in [0, 0.1) is 0 Å². The van der Waals surface area contributed by atoms with Crippen molar-refractivity contribution in [2.24, 2.45) is 4.99 Å². The first-order valence-corrected chi connectivity index (χ1v) is 12.4. The van der Waals surface area contributed by atoms with Crippen LogP contribution in [0.5, 0.6) is 11.5 Å². The average Bonchev–Trinajstić information content (AvgIpc) is 3.18. The van der Waals surface area contributed by atoms with Gasteiger partial charge in [-0.05, 0) is 69.5 Å². The normalized spacial score (nSPS) is 16.8. The smallest absolute Gasteiger partial charge is 0.337 e. The topological polar surface area (TPSA) is 79.1 Å². The zero-order valence-corrected chi connectivity index (χ0v) is 22.2. The Labute approximate surface area is 216 Å². The van der Waals surface area contributed by atoms with Gasteiger partial charge in [-0.1, -0.05) is 12.1 Å². The second-order valence-corrected chi connectivity index (χ2v) is 11.0. The van der Waals surface area contributed by atoms with E-state index in [2.05, 4.69) is 33.8 Å². The number of benzene rings is 2. The molecule has 0 N–H and O–H groups in total. The lowest BCUT2D eigenvalue weighted by molar-refractivity contribution is 0.0600. The highest BCUT2D eigenvalue weighted by molar-refractivity contribution is 6.16. The summed E-state index contributed by atoms with van der Waals surface area (Å²) >= 11 is 0. The Balaban J connectivity index is 1.53. The van der Waals surface area contributed by atoms with Gasteiger partial charge < -0.3 is 18.8 Å². The van der Waals surface area contributed by atoms with Crippen molar-refractivity contribution in [1.82, 2.24) is 4.57 Å². The number of carbonyl (C=O) groups is 1. The number of hydrogen-bond acceptors (Lipinski definition) is 6. The van der Waals surface area contributed by atoms with E-state index in [4.69, 9.17) is 19.2 Å². The Morgan fingerprint density at radius 1 is 1.05 bits per heavy atom. The molecule has 1 aromatic heterocycles. The molecular formula is C30H32N2O5. The molecule has 5 rings (SSSR count). The lowest BCUT2D eigenvalue weighted by atomic mass is 9.81. The summed E-state index contributed by atoms with van der Waals surface area (Å²) in [5, 5.41) is 0. The molecule has 3 aromatic rings. The molecule has 0 radical (unpaired) electrons. The summed E-state index contributed by atoms with van der Waals surface area (Å²) in [4.78, 5) is 30.0. The SMILES string of the molecule is COC(=O)c1ccc(Cn2ccc(C3=NC(C)(C)Cc4cc(OC)c5c(c43)CC(C)(C)O5)cc2=O)cc1. The Hall–Kier alpha value is -3.87. The lowest BCUT2D eigenvalue weighted by Gasteiger charge is -2.31. The first-order chi connectivity index (χ1) is 17.5. The highest BCUT2D eigenvalue weighted by Crippen LogP contribution is 2.47. The van der Waals surface area contributed by atoms with Crippen LogP contribution in [0.2, 0.25) is 0 Å². The van der Waals surface area contributed by atoms with E-state index in [1.165, 1.54) is 7.11 Å². The van der Waals surface area contributed by atoms with Crippen molar-refractivity contribution in [3.05, 3.63) is 92.4 Å². The summed E-state index contributed by atoms with van der Waals surface area (Å²) in [7, 11) is 3.02. The molecule has 0 fully saturated rings. The number of methoxy groups -OCH3 is 2. The maximum atomic E-state index is 13.2. The number of nitrogens with zero attached hydrogens (tertiary/aromatic N) is 2. The molecule has 0 bridgehead atoms. The fourth-order valence-corrected chi connectivity index (χ4v) is 5.28. The number of fused-ring (bicyclic) bond motifs is 3. The standard InChI is InChI=1S/C30H32N2O5/c1-29(2)15-21-13-23(35-5)27-22(16-30(3,4)37-27)25(21)26(31-29)20-11-12-32(24(33)14-20)17-18-7-9-19(10-8-18)28(34)36-6/h7-14H,15-17H2,1-6H3. The van der Waals surface area contributed by atoms with E-state index >= 15 is 0 Å². The molecule has 0 unspecified atom stereocenters. The molecule has 7 heteroatoms. The van der Waals surface area contributed by atoms with Gasteiger partial charge in [-0.25, -0.2) is 4.79 Å². The van der Waals surface area contributed by atoms with Crippen molar-refractivity contribution in [1.29, 1.82) is 0 Å². The molecule has 0 atom stereocenters. The van der Waals surface area contributed by atoms with Gasteiger partial charge in [0, 0.05) is 35.4 Å². The Bertz CT molecular complexity index is 1480. The highest BCUT2D eigenvalue weighted by Gasteiger charge is 2.39. The van der Waals surface area contributed by atoms with E-state index in [1.807, 2.05) is 18.2 Å². The number of pyridine rings is 1. The van der Waals surface area contributed by atoms with Crippen LogP contribution >= 0.6 is 0 Å². The van der Waals surface area contributed by atoms with Crippen molar-refractivity contribution in [2.75, 3.05) is 14.2 Å². The summed E-state index contributed by atoms with van der Waals surface area (Å²) in [6, 6.07) is 12.7. The first kappa shape index (κ1) is 24.8. The third-order valence-corrected chi connectivity index (χ3v) is 6.90. The van der Waals surface area contributed by atoms with E-state index < -0.39 is 0 Å². The highest BCUT2D eigenvalue weighted by atomic mass is 16.5. The van der Waals surface area contributed by atoms with Crippen LogP contribution in [0.25, 0.3) is 0 Å². The minimum absolute atomic E-state index is 0.121. The summed E-state index contributed by atoms with van der Waals surface area (Å²) < 4.78 is 18.4. The number of carbonyl (C=O) groups excluding carboxylic acids is 1. The Kier molecular flexibility index (Phi) is 5.97. The van der Waals surface area contributed by atoms with Crippen LogP contribution in [-0.4, -0.2) is 41.6 Å². The van der Waals surface area contributed by atoms with Gasteiger partial charge in [0.15, 0.2) is 11.5 Å². The monoisotopic (exact) mass is 500 g/mol. The molecule has 192 valence electrons. The fourth-order valence-electron chi connectivity index (χ4n) is 5.28. The van der Waals surface area contributed by atoms with Crippen LogP contribution in [0.1, 0.15) is 65.9 Å². The van der Waals surface area contributed by atoms with Gasteiger partial charge in [0.2, 0.25) is 0 Å². The molecule has 2 aliphatic heterocycles. The molecule has 0 saturated heterocycles. The van der Waals surface area contributed by atoms with E-state index in [9.17, 15) is 9.59 Å². The minimum Gasteiger partial charge on any atom is -0.493 e. The van der Waals surface area contributed by atoms with E-state index in [0.29, 0.717) is 12.1 Å². The minimum atomic E-state index is -0.387. The van der Waals surface area contributed by atoms with Gasteiger partial charge in [-0.15, -0.1) is 0 Å². The zero-order chi connectivity index (χ0) is 26.5. The third-order valence-electron chi connectivity index (χ3n) is 6.90. The van der Waals surface area contributed by atoms with E-state index in [0.717, 1.165) is 57.9 Å². The van der Waals surface area contributed by atoms with Crippen molar-refractivity contribution in [2.45, 2.75) is 58.2 Å². The second kappa shape index (κ2) is 8.91. The van der Waals surface area contributed by atoms with Gasteiger partial charge in [-0.3, -0.25) is 9.79 Å². The summed E-state index contributed by atoms with van der Waals surface area (Å²) in [6.45, 7) is 8.75. The van der Waals surface area contributed by atoms with Gasteiger partial charge in [0.05, 0.1) is 37.6 Å². The van der Waals surface area contributed by atoms with Crippen LogP contribution in [-0.2, 0) is 24.1 Å². The average molecular weight is 501 g/mol. The van der Waals surface area contributed by atoms with Crippen LogP contribution in [0.15, 0.2) is 58.4 Å². The van der Waals surface area contributed by atoms with Crippen LogP contribution in [0.4, 0.5) is 0 Å². The first-order valence-electron chi connectivity index (χ1n) is 12.4. The maximum absolute atomic E-state index is 13.2. The lowest BCUT2D eigenvalue weighted by Crippen LogP contribution is -2.31. The molecule has 0 amide bonds. The molecule has 2 aliphatic rings. The second-order valence-electron chi connectivity index (χ2n) is 11.0. The predicted octanol–water partition coefficient (Wildman–Crippen LogP) is 4.58. The van der Waals surface area contributed by atoms with Crippen molar-refractivity contribution in [3.8, 4) is 11.5 Å². The molecule has 0 saturated carbocycles. The number of rotatable bonds is 5. The Morgan fingerprint density at radius 2 is 1.78 bits per heavy atom. The quantitative estimate of drug-likeness (QED) is 0.480. The van der Waals surface area contributed by atoms with E-state index in [1.54, 1.807) is 36.1 Å². The zero-order valence-electron chi connectivity index (χ0n) is 22.2. The third kappa shape index (κ3) is 4.66. The van der Waals surface area contributed by atoms with Gasteiger partial charge in [0.25, 0.3) is 5.56 Å². The van der Waals surface area contributed by atoms with E-state index in [-0.39, 0.29) is 22.7 Å². The van der Waals surface area contributed by atoms with Crippen LogP contribution in [0.3, 0.4) is 0 Å². The molecule has 3 heterocycles. The number of hydrogen-bond donors (Lipinski definition) is 0.